The lowest BCUT2D eigenvalue weighted by molar-refractivity contribution is -0.124. The van der Waals surface area contributed by atoms with Gasteiger partial charge in [-0.05, 0) is 18.6 Å². The molecule has 0 radical (unpaired) electrons. The summed E-state index contributed by atoms with van der Waals surface area (Å²) < 4.78 is 0. The van der Waals surface area contributed by atoms with Gasteiger partial charge in [0.15, 0.2) is 0 Å². The molecule has 1 atom stereocenters. The molecule has 1 aromatic carbocycles. The van der Waals surface area contributed by atoms with Crippen LogP contribution in [0.2, 0.25) is 0 Å². The van der Waals surface area contributed by atoms with E-state index >= 15 is 0 Å². The molecular formula is C18H21N5O3. The zero-order chi connectivity index (χ0) is 18.4. The Morgan fingerprint density at radius 3 is 2.88 bits per heavy atom. The second-order valence-electron chi connectivity index (χ2n) is 6.13. The number of anilines is 1. The fourth-order valence-corrected chi connectivity index (χ4v) is 2.89. The van der Waals surface area contributed by atoms with E-state index in [-0.39, 0.29) is 6.04 Å². The number of carbonyl (C=O) groups excluding carboxylic acids is 1. The smallest absolute Gasteiger partial charge is 0.267 e. The molecule has 0 spiro atoms. The van der Waals surface area contributed by atoms with Gasteiger partial charge in [-0.15, -0.1) is 0 Å². The molecule has 1 aliphatic rings. The van der Waals surface area contributed by atoms with E-state index in [1.54, 1.807) is 18.5 Å². The number of benzene rings is 1. The minimum absolute atomic E-state index is 0.261. The van der Waals surface area contributed by atoms with Crippen molar-refractivity contribution in [1.82, 2.24) is 20.3 Å². The van der Waals surface area contributed by atoms with Gasteiger partial charge in [0.25, 0.3) is 5.91 Å². The highest BCUT2D eigenvalue weighted by molar-refractivity contribution is 5.90. The zero-order valence-corrected chi connectivity index (χ0v) is 14.2. The number of phenols is 1. The third kappa shape index (κ3) is 4.78. The highest BCUT2D eigenvalue weighted by Crippen LogP contribution is 2.21. The SMILES string of the molecule is O=C(/C=C/c1cnc(N[C@@H]2CCN(Cc3ccccc3O)C2)cn1)NO. The first-order chi connectivity index (χ1) is 12.6. The molecule has 0 aliphatic carbocycles. The van der Waals surface area contributed by atoms with Crippen LogP contribution in [-0.2, 0) is 11.3 Å². The molecule has 8 heteroatoms. The van der Waals surface area contributed by atoms with Crippen molar-refractivity contribution < 1.29 is 15.1 Å². The average Bonchev–Trinajstić information content (AvgIpc) is 3.09. The Morgan fingerprint density at radius 2 is 2.15 bits per heavy atom. The summed E-state index contributed by atoms with van der Waals surface area (Å²) in [7, 11) is 0. The van der Waals surface area contributed by atoms with Crippen molar-refractivity contribution in [3.63, 3.8) is 0 Å². The van der Waals surface area contributed by atoms with Crippen molar-refractivity contribution in [3.8, 4) is 5.75 Å². The third-order valence-electron chi connectivity index (χ3n) is 4.20. The van der Waals surface area contributed by atoms with Crippen molar-refractivity contribution in [2.24, 2.45) is 0 Å². The number of amides is 1. The van der Waals surface area contributed by atoms with Crippen molar-refractivity contribution in [2.45, 2.75) is 19.0 Å². The molecule has 4 N–H and O–H groups in total. The predicted molar refractivity (Wildman–Crippen MR) is 96.4 cm³/mol. The van der Waals surface area contributed by atoms with Gasteiger partial charge in [0.05, 0.1) is 18.1 Å². The molecule has 1 aromatic heterocycles. The lowest BCUT2D eigenvalue weighted by Crippen LogP contribution is -2.26. The van der Waals surface area contributed by atoms with Gasteiger partial charge >= 0.3 is 0 Å². The molecule has 26 heavy (non-hydrogen) atoms. The number of nitrogens with one attached hydrogen (secondary N) is 2. The predicted octanol–water partition coefficient (Wildman–Crippen LogP) is 1.39. The fourth-order valence-electron chi connectivity index (χ4n) is 2.89. The molecule has 1 fully saturated rings. The Labute approximate surface area is 151 Å². The van der Waals surface area contributed by atoms with Gasteiger partial charge < -0.3 is 10.4 Å². The number of para-hydroxylation sites is 1. The molecule has 0 saturated carbocycles. The molecule has 136 valence electrons. The summed E-state index contributed by atoms with van der Waals surface area (Å²) in [6.07, 6.45) is 6.78. The summed E-state index contributed by atoms with van der Waals surface area (Å²) in [5.74, 6) is 0.376. The van der Waals surface area contributed by atoms with Crippen LogP contribution in [0.3, 0.4) is 0 Å². The molecule has 8 nitrogen and oxygen atoms in total. The second-order valence-corrected chi connectivity index (χ2v) is 6.13. The highest BCUT2D eigenvalue weighted by Gasteiger charge is 2.23. The first-order valence-electron chi connectivity index (χ1n) is 8.34. The summed E-state index contributed by atoms with van der Waals surface area (Å²) in [5, 5.41) is 21.7. The normalized spacial score (nSPS) is 17.5. The Kier molecular flexibility index (Phi) is 5.77. The number of nitrogens with zero attached hydrogens (tertiary/aromatic N) is 3. The minimum atomic E-state index is -0.621. The maximum Gasteiger partial charge on any atom is 0.267 e. The van der Waals surface area contributed by atoms with Crippen LogP contribution in [0.5, 0.6) is 5.75 Å². The molecule has 2 aromatic rings. The topological polar surface area (TPSA) is 111 Å². The van der Waals surface area contributed by atoms with Crippen molar-refractivity contribution in [1.29, 1.82) is 0 Å². The molecule has 1 amide bonds. The standard InChI is InChI=1S/C18H21N5O3/c24-16-4-2-1-3-13(16)11-23-8-7-15(12-23)21-17-10-19-14(9-20-17)5-6-18(25)22-26/h1-6,9-10,15,24,26H,7-8,11-12H2,(H,20,21)(H,22,25)/b6-5+/t15-/m1/s1. The Hall–Kier alpha value is -2.97. The first kappa shape index (κ1) is 17.8. The summed E-state index contributed by atoms with van der Waals surface area (Å²) in [6.45, 7) is 2.51. The highest BCUT2D eigenvalue weighted by atomic mass is 16.5. The van der Waals surface area contributed by atoms with Crippen LogP contribution in [0.15, 0.2) is 42.7 Å². The third-order valence-corrected chi connectivity index (χ3v) is 4.20. The quantitative estimate of drug-likeness (QED) is 0.352. The average molecular weight is 355 g/mol. The molecule has 2 heterocycles. The number of hydroxylamine groups is 1. The molecule has 0 bridgehead atoms. The lowest BCUT2D eigenvalue weighted by atomic mass is 10.2. The maximum absolute atomic E-state index is 10.9. The molecule has 0 unspecified atom stereocenters. The minimum Gasteiger partial charge on any atom is -0.508 e. The van der Waals surface area contributed by atoms with Crippen LogP contribution in [0.1, 0.15) is 17.7 Å². The molecular weight excluding hydrogens is 334 g/mol. The van der Waals surface area contributed by atoms with Gasteiger partial charge in [-0.3, -0.25) is 19.9 Å². The summed E-state index contributed by atoms with van der Waals surface area (Å²) in [5.41, 5.74) is 2.96. The van der Waals surface area contributed by atoms with E-state index in [4.69, 9.17) is 5.21 Å². The number of likely N-dealkylation sites (tertiary alicyclic amines) is 1. The summed E-state index contributed by atoms with van der Waals surface area (Å²) in [4.78, 5) is 21.7. The number of aromatic hydroxyl groups is 1. The number of aromatic nitrogens is 2. The van der Waals surface area contributed by atoms with E-state index in [0.717, 1.165) is 25.1 Å². The maximum atomic E-state index is 10.9. The summed E-state index contributed by atoms with van der Waals surface area (Å²) >= 11 is 0. The Morgan fingerprint density at radius 1 is 1.31 bits per heavy atom. The van der Waals surface area contributed by atoms with Crippen molar-refractivity contribution >= 4 is 17.8 Å². The van der Waals surface area contributed by atoms with Gasteiger partial charge in [0.2, 0.25) is 0 Å². The van der Waals surface area contributed by atoms with Crippen LogP contribution in [0, 0.1) is 0 Å². The van der Waals surface area contributed by atoms with E-state index in [0.29, 0.717) is 23.8 Å². The van der Waals surface area contributed by atoms with E-state index < -0.39 is 5.91 Å². The zero-order valence-electron chi connectivity index (χ0n) is 14.2. The van der Waals surface area contributed by atoms with Crippen molar-refractivity contribution in [2.75, 3.05) is 18.4 Å². The van der Waals surface area contributed by atoms with Crippen LogP contribution < -0.4 is 10.8 Å². The van der Waals surface area contributed by atoms with Crippen LogP contribution in [0.25, 0.3) is 6.08 Å². The lowest BCUT2D eigenvalue weighted by Gasteiger charge is -2.17. The second kappa shape index (κ2) is 8.41. The van der Waals surface area contributed by atoms with Gasteiger partial charge in [0.1, 0.15) is 11.6 Å². The summed E-state index contributed by atoms with van der Waals surface area (Å²) in [6, 6.07) is 7.65. The van der Waals surface area contributed by atoms with Crippen LogP contribution in [0.4, 0.5) is 5.82 Å². The van der Waals surface area contributed by atoms with Gasteiger partial charge in [-0.1, -0.05) is 18.2 Å². The van der Waals surface area contributed by atoms with Crippen molar-refractivity contribution in [3.05, 3.63) is 54.0 Å². The van der Waals surface area contributed by atoms with Gasteiger partial charge in [-0.2, -0.15) is 0 Å². The fraction of sp³-hybridized carbons (Fsp3) is 0.278. The van der Waals surface area contributed by atoms with Crippen LogP contribution in [-0.4, -0.2) is 50.2 Å². The number of phenolic OH excluding ortho intramolecular Hbond substituents is 1. The number of rotatable bonds is 6. The molecule has 1 aliphatic heterocycles. The monoisotopic (exact) mass is 355 g/mol. The van der Waals surface area contributed by atoms with E-state index in [2.05, 4.69) is 20.2 Å². The number of carbonyl (C=O) groups is 1. The Bertz CT molecular complexity index is 779. The number of hydrogen-bond donors (Lipinski definition) is 4. The van der Waals surface area contributed by atoms with E-state index in [9.17, 15) is 9.90 Å². The molecule has 1 saturated heterocycles. The van der Waals surface area contributed by atoms with E-state index in [1.165, 1.54) is 17.6 Å². The Balaban J connectivity index is 1.51. The largest absolute Gasteiger partial charge is 0.508 e. The number of hydrogen-bond acceptors (Lipinski definition) is 7. The van der Waals surface area contributed by atoms with Gasteiger partial charge in [-0.25, -0.2) is 10.5 Å². The first-order valence-corrected chi connectivity index (χ1v) is 8.34. The van der Waals surface area contributed by atoms with Crippen LogP contribution >= 0.6 is 0 Å². The van der Waals surface area contributed by atoms with Gasteiger partial charge in [0, 0.05) is 37.3 Å². The molecule has 3 rings (SSSR count). The van der Waals surface area contributed by atoms with E-state index in [1.807, 2.05) is 18.2 Å².